The molecule has 1 saturated carbocycles. The standard InChI is InChI=1S/C33H44O6/c1-5-6-7-23(2)18-28(37-21-24-8-12-26(35-3)13-9-24)16-17-29-30-19-33(34)39-32(30)20-31(29)38-22-25-10-14-27(36-4)15-11-25/h8-17,23,28-32H,5-7,18-22H2,1-4H3/b17-16+/t23-,28+,29+,30+,31+,32-/m0/s1. The molecule has 4 rings (SSSR count). The van der Waals surface area contributed by atoms with Crippen molar-refractivity contribution in [3.05, 3.63) is 71.8 Å². The van der Waals surface area contributed by atoms with E-state index in [1.165, 1.54) is 19.3 Å². The van der Waals surface area contributed by atoms with Gasteiger partial charge in [0.2, 0.25) is 0 Å². The summed E-state index contributed by atoms with van der Waals surface area (Å²) in [5.41, 5.74) is 2.21. The lowest BCUT2D eigenvalue weighted by atomic mass is 9.90. The summed E-state index contributed by atoms with van der Waals surface area (Å²) < 4.78 is 29.1. The van der Waals surface area contributed by atoms with Crippen LogP contribution in [0.25, 0.3) is 0 Å². The molecule has 2 aromatic rings. The van der Waals surface area contributed by atoms with Crippen LogP contribution in [0.15, 0.2) is 60.7 Å². The zero-order chi connectivity index (χ0) is 27.6. The summed E-state index contributed by atoms with van der Waals surface area (Å²) in [5, 5.41) is 0. The Morgan fingerprint density at radius 2 is 1.62 bits per heavy atom. The Kier molecular flexibility index (Phi) is 10.9. The van der Waals surface area contributed by atoms with Gasteiger partial charge < -0.3 is 23.7 Å². The Balaban J connectivity index is 1.44. The molecule has 6 atom stereocenters. The molecule has 1 aliphatic heterocycles. The van der Waals surface area contributed by atoms with Crippen molar-refractivity contribution in [2.75, 3.05) is 14.2 Å². The third kappa shape index (κ3) is 8.33. The molecule has 1 aliphatic carbocycles. The monoisotopic (exact) mass is 536 g/mol. The fraction of sp³-hybridized carbons (Fsp3) is 0.545. The molecule has 2 fully saturated rings. The number of methoxy groups -OCH3 is 2. The number of rotatable bonds is 15. The van der Waals surface area contributed by atoms with E-state index >= 15 is 0 Å². The molecular weight excluding hydrogens is 492 g/mol. The van der Waals surface area contributed by atoms with Gasteiger partial charge in [-0.25, -0.2) is 0 Å². The average molecular weight is 537 g/mol. The van der Waals surface area contributed by atoms with Crippen LogP contribution in [0.3, 0.4) is 0 Å². The molecule has 0 radical (unpaired) electrons. The van der Waals surface area contributed by atoms with Crippen molar-refractivity contribution in [3.63, 3.8) is 0 Å². The Morgan fingerprint density at radius 1 is 0.974 bits per heavy atom. The minimum atomic E-state index is -0.0995. The number of fused-ring (bicyclic) bond motifs is 1. The Hall–Kier alpha value is -2.83. The molecule has 2 aliphatic rings. The van der Waals surface area contributed by atoms with Crippen LogP contribution < -0.4 is 9.47 Å². The molecule has 6 nitrogen and oxygen atoms in total. The molecule has 0 unspecified atom stereocenters. The lowest BCUT2D eigenvalue weighted by Gasteiger charge is -2.23. The van der Waals surface area contributed by atoms with Crippen LogP contribution in [0.2, 0.25) is 0 Å². The van der Waals surface area contributed by atoms with E-state index in [1.807, 2.05) is 48.5 Å². The zero-order valence-electron chi connectivity index (χ0n) is 23.8. The largest absolute Gasteiger partial charge is 0.497 e. The van der Waals surface area contributed by atoms with Crippen molar-refractivity contribution in [2.45, 2.75) is 83.9 Å². The maximum absolute atomic E-state index is 12.1. The van der Waals surface area contributed by atoms with Crippen LogP contribution in [-0.4, -0.2) is 38.5 Å². The van der Waals surface area contributed by atoms with Gasteiger partial charge in [-0.2, -0.15) is 0 Å². The lowest BCUT2D eigenvalue weighted by molar-refractivity contribution is -0.142. The van der Waals surface area contributed by atoms with E-state index < -0.39 is 0 Å². The fourth-order valence-corrected chi connectivity index (χ4v) is 5.71. The first-order valence-corrected chi connectivity index (χ1v) is 14.4. The summed E-state index contributed by atoms with van der Waals surface area (Å²) in [7, 11) is 3.34. The van der Waals surface area contributed by atoms with Crippen LogP contribution in [0, 0.1) is 17.8 Å². The quantitative estimate of drug-likeness (QED) is 0.182. The third-order valence-corrected chi connectivity index (χ3v) is 8.03. The van der Waals surface area contributed by atoms with Gasteiger partial charge in [-0.15, -0.1) is 0 Å². The van der Waals surface area contributed by atoms with Crippen molar-refractivity contribution >= 4 is 5.97 Å². The van der Waals surface area contributed by atoms with E-state index in [0.29, 0.717) is 25.6 Å². The summed E-state index contributed by atoms with van der Waals surface area (Å²) in [5.74, 6) is 2.39. The van der Waals surface area contributed by atoms with Gasteiger partial charge in [-0.05, 0) is 47.7 Å². The topological polar surface area (TPSA) is 63.2 Å². The lowest BCUT2D eigenvalue weighted by Crippen LogP contribution is -2.22. The van der Waals surface area contributed by atoms with Gasteiger partial charge in [0, 0.05) is 18.3 Å². The van der Waals surface area contributed by atoms with Crippen molar-refractivity contribution in [3.8, 4) is 11.5 Å². The van der Waals surface area contributed by atoms with E-state index in [1.54, 1.807) is 14.2 Å². The van der Waals surface area contributed by atoms with Gasteiger partial charge >= 0.3 is 5.97 Å². The molecular formula is C33H44O6. The second-order valence-corrected chi connectivity index (χ2v) is 11.0. The predicted octanol–water partition coefficient (Wildman–Crippen LogP) is 6.90. The van der Waals surface area contributed by atoms with Crippen LogP contribution in [-0.2, 0) is 32.2 Å². The minimum absolute atomic E-state index is 0.00814. The molecule has 212 valence electrons. The van der Waals surface area contributed by atoms with Crippen LogP contribution in [0.5, 0.6) is 11.5 Å². The average Bonchev–Trinajstić information content (AvgIpc) is 3.48. The minimum Gasteiger partial charge on any atom is -0.497 e. The van der Waals surface area contributed by atoms with Crippen molar-refractivity contribution in [1.29, 1.82) is 0 Å². The van der Waals surface area contributed by atoms with Gasteiger partial charge in [0.15, 0.2) is 0 Å². The van der Waals surface area contributed by atoms with Gasteiger partial charge in [-0.3, -0.25) is 4.79 Å². The van der Waals surface area contributed by atoms with Crippen molar-refractivity contribution < 1.29 is 28.5 Å². The molecule has 2 aromatic carbocycles. The van der Waals surface area contributed by atoms with Crippen molar-refractivity contribution in [1.82, 2.24) is 0 Å². The molecule has 0 amide bonds. The zero-order valence-corrected chi connectivity index (χ0v) is 23.8. The fourth-order valence-electron chi connectivity index (χ4n) is 5.71. The number of carbonyl (C=O) groups excluding carboxylic acids is 1. The Labute approximate surface area is 233 Å². The SMILES string of the molecule is CCCC[C@H](C)C[C@@H](/C=C/[C@@H]1[C@H]2CC(=O)O[C@H]2C[C@H]1OCc1ccc(OC)cc1)OCc1ccc(OC)cc1. The van der Waals surface area contributed by atoms with E-state index in [-0.39, 0.29) is 36.1 Å². The molecule has 39 heavy (non-hydrogen) atoms. The summed E-state index contributed by atoms with van der Waals surface area (Å²) in [6.07, 6.45) is 10.1. The molecule has 0 N–H and O–H groups in total. The van der Waals surface area contributed by atoms with Gasteiger partial charge in [-0.1, -0.05) is 69.5 Å². The molecule has 0 bridgehead atoms. The first-order chi connectivity index (χ1) is 19.0. The van der Waals surface area contributed by atoms with E-state index in [0.717, 1.165) is 35.5 Å². The highest BCUT2D eigenvalue weighted by Crippen LogP contribution is 2.44. The smallest absolute Gasteiger partial charge is 0.306 e. The first kappa shape index (κ1) is 29.2. The highest BCUT2D eigenvalue weighted by molar-refractivity contribution is 5.72. The first-order valence-electron chi connectivity index (χ1n) is 14.4. The highest BCUT2D eigenvalue weighted by Gasteiger charge is 2.49. The molecule has 1 saturated heterocycles. The summed E-state index contributed by atoms with van der Waals surface area (Å²) in [6.45, 7) is 5.59. The van der Waals surface area contributed by atoms with E-state index in [4.69, 9.17) is 23.7 Å². The maximum Gasteiger partial charge on any atom is 0.306 e. The number of benzene rings is 2. The summed E-state index contributed by atoms with van der Waals surface area (Å²) in [4.78, 5) is 12.1. The number of esters is 1. The predicted molar refractivity (Wildman–Crippen MR) is 152 cm³/mol. The summed E-state index contributed by atoms with van der Waals surface area (Å²) >= 11 is 0. The molecule has 0 spiro atoms. The van der Waals surface area contributed by atoms with Crippen LogP contribution in [0.4, 0.5) is 0 Å². The number of hydrogen-bond donors (Lipinski definition) is 0. The number of carbonyl (C=O) groups is 1. The molecule has 6 heteroatoms. The third-order valence-electron chi connectivity index (χ3n) is 8.03. The van der Waals surface area contributed by atoms with E-state index in [2.05, 4.69) is 26.0 Å². The summed E-state index contributed by atoms with van der Waals surface area (Å²) in [6, 6.07) is 16.0. The normalized spacial score (nSPS) is 23.9. The van der Waals surface area contributed by atoms with Gasteiger partial charge in [0.1, 0.15) is 17.6 Å². The Bertz CT molecular complexity index is 1050. The van der Waals surface area contributed by atoms with Gasteiger partial charge in [0.25, 0.3) is 0 Å². The number of unbranched alkanes of at least 4 members (excludes halogenated alkanes) is 1. The van der Waals surface area contributed by atoms with Gasteiger partial charge in [0.05, 0.1) is 46.1 Å². The maximum atomic E-state index is 12.1. The van der Waals surface area contributed by atoms with Crippen LogP contribution in [0.1, 0.15) is 63.5 Å². The second-order valence-electron chi connectivity index (χ2n) is 11.0. The number of ether oxygens (including phenoxy) is 5. The second kappa shape index (κ2) is 14.5. The van der Waals surface area contributed by atoms with Crippen molar-refractivity contribution in [2.24, 2.45) is 17.8 Å². The molecule has 0 aromatic heterocycles. The number of hydrogen-bond acceptors (Lipinski definition) is 6. The highest BCUT2D eigenvalue weighted by atomic mass is 16.6. The van der Waals surface area contributed by atoms with E-state index in [9.17, 15) is 4.79 Å². The van der Waals surface area contributed by atoms with Crippen LogP contribution >= 0.6 is 0 Å². The Morgan fingerprint density at radius 3 is 2.23 bits per heavy atom. The molecule has 1 heterocycles.